The highest BCUT2D eigenvalue weighted by molar-refractivity contribution is 5.81. The van der Waals surface area contributed by atoms with E-state index in [4.69, 9.17) is 25.7 Å². The maximum absolute atomic E-state index is 12.1. The van der Waals surface area contributed by atoms with Gasteiger partial charge in [-0.15, -0.1) is 0 Å². The summed E-state index contributed by atoms with van der Waals surface area (Å²) in [7, 11) is 0. The number of nitrogen functional groups attached to an aromatic ring is 2. The van der Waals surface area contributed by atoms with Crippen molar-refractivity contribution >= 4 is 22.8 Å². The minimum absolute atomic E-state index is 0.00110. The molecule has 3 aromatic rings. The molecular formula is C19H24N8O8. The highest BCUT2D eigenvalue weighted by Crippen LogP contribution is 2.35. The first-order chi connectivity index (χ1) is 16.8. The molecule has 5 heterocycles. The number of imidazole rings is 1. The fourth-order valence-electron chi connectivity index (χ4n) is 4.28. The number of hydrogen-bond donors (Lipinski definition) is 6. The van der Waals surface area contributed by atoms with Gasteiger partial charge in [-0.05, 0) is 6.07 Å². The standard InChI is InChI=1S/C19H24N8O8/c20-9-1-2-26(19(32)25-9)17-12(30)11(29)8(35-17)4-33-14-7(3-28)34-18(13(14)31)27-6-24-10-15(21)22-5-23-16(10)27/h1-2,5-8,11-14,17-18,28-31H,3-4H2,(H2,20,25,32)(H2,21,22,23)/t7-,8-,11-,12-,13-,14-,17-,18-/m1/s1. The second kappa shape index (κ2) is 9.08. The van der Waals surface area contributed by atoms with Crippen LogP contribution in [-0.2, 0) is 14.2 Å². The third kappa shape index (κ3) is 4.00. The number of nitrogens with two attached hydrogens (primary N) is 2. The summed E-state index contributed by atoms with van der Waals surface area (Å²) < 4.78 is 19.7. The molecule has 16 heteroatoms. The minimum atomic E-state index is -1.46. The lowest BCUT2D eigenvalue weighted by Gasteiger charge is -2.23. The van der Waals surface area contributed by atoms with Gasteiger partial charge in [0.2, 0.25) is 0 Å². The van der Waals surface area contributed by atoms with Crippen LogP contribution in [0.15, 0.2) is 29.7 Å². The van der Waals surface area contributed by atoms with Gasteiger partial charge in [-0.2, -0.15) is 4.98 Å². The van der Waals surface area contributed by atoms with Crippen molar-refractivity contribution in [3.63, 3.8) is 0 Å². The summed E-state index contributed by atoms with van der Waals surface area (Å²) in [5.74, 6) is 0.155. The Bertz CT molecular complexity index is 1270. The number of ether oxygens (including phenoxy) is 3. The van der Waals surface area contributed by atoms with E-state index in [1.807, 2.05) is 0 Å². The molecule has 0 aliphatic carbocycles. The average Bonchev–Trinajstić information content (AvgIpc) is 3.48. The summed E-state index contributed by atoms with van der Waals surface area (Å²) in [5.41, 5.74) is 11.2. The van der Waals surface area contributed by atoms with Gasteiger partial charge < -0.3 is 46.1 Å². The number of anilines is 2. The van der Waals surface area contributed by atoms with E-state index in [1.54, 1.807) is 0 Å². The van der Waals surface area contributed by atoms with Crippen LogP contribution in [0, 0.1) is 0 Å². The maximum atomic E-state index is 12.1. The van der Waals surface area contributed by atoms with E-state index in [-0.39, 0.29) is 18.2 Å². The van der Waals surface area contributed by atoms with E-state index in [2.05, 4.69) is 19.9 Å². The van der Waals surface area contributed by atoms with Gasteiger partial charge in [0.15, 0.2) is 23.9 Å². The average molecular weight is 492 g/mol. The molecule has 0 saturated carbocycles. The van der Waals surface area contributed by atoms with Crippen molar-refractivity contribution in [2.75, 3.05) is 24.7 Å². The molecule has 35 heavy (non-hydrogen) atoms. The third-order valence-corrected chi connectivity index (χ3v) is 6.07. The van der Waals surface area contributed by atoms with Crippen LogP contribution in [0.2, 0.25) is 0 Å². The lowest BCUT2D eigenvalue weighted by Crippen LogP contribution is -2.40. The molecule has 3 aromatic heterocycles. The zero-order valence-corrected chi connectivity index (χ0v) is 18.1. The highest BCUT2D eigenvalue weighted by atomic mass is 16.6. The van der Waals surface area contributed by atoms with Crippen LogP contribution >= 0.6 is 0 Å². The quantitative estimate of drug-likeness (QED) is 0.196. The van der Waals surface area contributed by atoms with Crippen molar-refractivity contribution in [1.82, 2.24) is 29.1 Å². The van der Waals surface area contributed by atoms with Gasteiger partial charge in [-0.1, -0.05) is 0 Å². The van der Waals surface area contributed by atoms with Gasteiger partial charge in [0, 0.05) is 6.20 Å². The Morgan fingerprint density at radius 3 is 2.49 bits per heavy atom. The van der Waals surface area contributed by atoms with Crippen molar-refractivity contribution in [3.05, 3.63) is 35.4 Å². The molecule has 0 spiro atoms. The summed E-state index contributed by atoms with van der Waals surface area (Å²) >= 11 is 0. The van der Waals surface area contributed by atoms with Crippen molar-refractivity contribution in [3.8, 4) is 0 Å². The Morgan fingerprint density at radius 2 is 1.74 bits per heavy atom. The van der Waals surface area contributed by atoms with Gasteiger partial charge in [-0.25, -0.2) is 19.7 Å². The number of nitrogens with zero attached hydrogens (tertiary/aromatic N) is 6. The fourth-order valence-corrected chi connectivity index (χ4v) is 4.28. The summed E-state index contributed by atoms with van der Waals surface area (Å²) in [6.45, 7) is -0.770. The molecular weight excluding hydrogens is 468 g/mol. The van der Waals surface area contributed by atoms with Crippen LogP contribution in [-0.4, -0.2) is 99.3 Å². The summed E-state index contributed by atoms with van der Waals surface area (Å²) in [4.78, 5) is 27.8. The van der Waals surface area contributed by atoms with Crippen LogP contribution in [0.5, 0.6) is 0 Å². The lowest BCUT2D eigenvalue weighted by atomic mass is 10.1. The van der Waals surface area contributed by atoms with Crippen LogP contribution in [0.3, 0.4) is 0 Å². The Hall–Kier alpha value is -3.25. The molecule has 0 aromatic carbocycles. The van der Waals surface area contributed by atoms with E-state index in [1.165, 1.54) is 29.5 Å². The Kier molecular flexibility index (Phi) is 6.09. The number of rotatable bonds is 6. The summed E-state index contributed by atoms with van der Waals surface area (Å²) in [6.07, 6.45) is -5.50. The SMILES string of the molecule is Nc1ccn([C@@H]2O[C@H](CO[C@H]3[C@@H](O)[C@H](n4cnc5c(N)ncnc54)O[C@@H]3CO)[C@@H](O)[C@H]2O)c(=O)n1. The Morgan fingerprint density at radius 1 is 1.00 bits per heavy atom. The molecule has 2 saturated heterocycles. The van der Waals surface area contributed by atoms with Crippen LogP contribution in [0.1, 0.15) is 12.5 Å². The predicted molar refractivity (Wildman–Crippen MR) is 115 cm³/mol. The predicted octanol–water partition coefficient (Wildman–Crippen LogP) is -3.50. The van der Waals surface area contributed by atoms with Gasteiger partial charge in [0.25, 0.3) is 0 Å². The van der Waals surface area contributed by atoms with Crippen LogP contribution in [0.25, 0.3) is 11.2 Å². The molecule has 188 valence electrons. The zero-order valence-electron chi connectivity index (χ0n) is 18.1. The van der Waals surface area contributed by atoms with E-state index < -0.39 is 61.4 Å². The lowest BCUT2D eigenvalue weighted by molar-refractivity contribution is -0.111. The molecule has 0 radical (unpaired) electrons. The van der Waals surface area contributed by atoms with Crippen LogP contribution in [0.4, 0.5) is 11.6 Å². The smallest absolute Gasteiger partial charge is 0.351 e. The molecule has 8 N–H and O–H groups in total. The maximum Gasteiger partial charge on any atom is 0.351 e. The molecule has 0 amide bonds. The van der Waals surface area contributed by atoms with Gasteiger partial charge in [-0.3, -0.25) is 9.13 Å². The monoisotopic (exact) mass is 492 g/mol. The summed E-state index contributed by atoms with van der Waals surface area (Å²) in [6, 6.07) is 1.35. The molecule has 0 bridgehead atoms. The molecule has 8 atom stereocenters. The Labute approximate surface area is 196 Å². The first-order valence-electron chi connectivity index (χ1n) is 10.7. The van der Waals surface area contributed by atoms with Crippen molar-refractivity contribution in [2.24, 2.45) is 0 Å². The second-order valence-corrected chi connectivity index (χ2v) is 8.21. The first-order valence-corrected chi connectivity index (χ1v) is 10.7. The Balaban J connectivity index is 1.30. The van der Waals surface area contributed by atoms with Crippen molar-refractivity contribution in [1.29, 1.82) is 0 Å². The molecule has 2 aliphatic rings. The van der Waals surface area contributed by atoms with Gasteiger partial charge >= 0.3 is 5.69 Å². The normalized spacial score (nSPS) is 33.0. The minimum Gasteiger partial charge on any atom is -0.394 e. The molecule has 5 rings (SSSR count). The fraction of sp³-hybridized carbons (Fsp3) is 0.526. The topological polar surface area (TPSA) is 239 Å². The number of aliphatic hydroxyl groups is 4. The number of hydrogen-bond acceptors (Lipinski definition) is 14. The van der Waals surface area contributed by atoms with E-state index >= 15 is 0 Å². The summed E-state index contributed by atoms with van der Waals surface area (Å²) in [5, 5.41) is 41.6. The third-order valence-electron chi connectivity index (χ3n) is 6.07. The van der Waals surface area contributed by atoms with Gasteiger partial charge in [0.05, 0.1) is 19.5 Å². The number of fused-ring (bicyclic) bond motifs is 1. The molecule has 0 unspecified atom stereocenters. The van der Waals surface area contributed by atoms with Crippen molar-refractivity contribution in [2.45, 2.75) is 49.1 Å². The number of aromatic nitrogens is 6. The second-order valence-electron chi connectivity index (χ2n) is 8.21. The molecule has 16 nitrogen and oxygen atoms in total. The van der Waals surface area contributed by atoms with Gasteiger partial charge in [0.1, 0.15) is 54.3 Å². The highest BCUT2D eigenvalue weighted by Gasteiger charge is 2.48. The molecule has 2 aliphatic heterocycles. The zero-order chi connectivity index (χ0) is 24.9. The first kappa shape index (κ1) is 23.5. The molecule has 2 fully saturated rings. The van der Waals surface area contributed by atoms with Crippen molar-refractivity contribution < 1.29 is 34.6 Å². The number of aliphatic hydroxyl groups excluding tert-OH is 4. The largest absolute Gasteiger partial charge is 0.394 e. The van der Waals surface area contributed by atoms with E-state index in [0.29, 0.717) is 11.2 Å². The van der Waals surface area contributed by atoms with E-state index in [9.17, 15) is 25.2 Å². The van der Waals surface area contributed by atoms with Crippen LogP contribution < -0.4 is 17.2 Å². The van der Waals surface area contributed by atoms with E-state index in [0.717, 1.165) is 4.57 Å².